The minimum atomic E-state index is -0.579. The summed E-state index contributed by atoms with van der Waals surface area (Å²) in [4.78, 5) is 67.5. The van der Waals surface area contributed by atoms with Crippen molar-refractivity contribution in [3.8, 4) is 5.75 Å². The van der Waals surface area contributed by atoms with Crippen molar-refractivity contribution in [2.75, 3.05) is 64.3 Å². The van der Waals surface area contributed by atoms with Crippen molar-refractivity contribution in [3.05, 3.63) is 81.8 Å². The maximum absolute atomic E-state index is 13.6. The Morgan fingerprint density at radius 1 is 0.787 bits per heavy atom. The quantitative estimate of drug-likeness (QED) is 0.112. The van der Waals surface area contributed by atoms with E-state index in [1.54, 1.807) is 18.2 Å². The highest BCUT2D eigenvalue weighted by Gasteiger charge is 2.27. The second kappa shape index (κ2) is 21.4. The topological polar surface area (TPSA) is 213 Å². The van der Waals surface area contributed by atoms with Crippen LogP contribution in [0.2, 0.25) is 5.15 Å². The number of nitrogens with zero attached hydrogens (tertiary/aromatic N) is 5. The number of ether oxygens (including phenoxy) is 1. The molecular weight excluding hydrogens is 798 g/mol. The summed E-state index contributed by atoms with van der Waals surface area (Å²) in [5.41, 5.74) is 15.2. The number of carbonyl (C=O) groups excluding carboxylic acids is 4. The maximum Gasteiger partial charge on any atom is 0.274 e. The van der Waals surface area contributed by atoms with E-state index in [0.29, 0.717) is 35.5 Å². The molecule has 0 aliphatic heterocycles. The van der Waals surface area contributed by atoms with Gasteiger partial charge < -0.3 is 52.2 Å². The largest absolute Gasteiger partial charge is 0.484 e. The number of amides is 4. The number of rotatable bonds is 17. The van der Waals surface area contributed by atoms with E-state index in [4.69, 9.17) is 27.8 Å². The first-order valence-electron chi connectivity index (χ1n) is 20.9. The van der Waals surface area contributed by atoms with Crippen LogP contribution in [0.4, 0.5) is 17.3 Å². The Morgan fingerprint density at radius 2 is 1.34 bits per heavy atom. The van der Waals surface area contributed by atoms with Crippen molar-refractivity contribution < 1.29 is 23.9 Å². The van der Waals surface area contributed by atoms with Gasteiger partial charge in [0.25, 0.3) is 23.6 Å². The van der Waals surface area contributed by atoms with E-state index in [-0.39, 0.29) is 77.7 Å². The van der Waals surface area contributed by atoms with Gasteiger partial charge in [-0.15, -0.1) is 0 Å². The van der Waals surface area contributed by atoms with Crippen LogP contribution in [0, 0.1) is 6.92 Å². The molecule has 16 nitrogen and oxygen atoms in total. The summed E-state index contributed by atoms with van der Waals surface area (Å²) in [6.07, 6.45) is 7.44. The lowest BCUT2D eigenvalue weighted by molar-refractivity contribution is -0.123. The summed E-state index contributed by atoms with van der Waals surface area (Å²) in [5.74, 6) is -1.49. The average molecular weight is 861 g/mol. The molecule has 17 heteroatoms. The molecule has 2 saturated carbocycles. The van der Waals surface area contributed by atoms with Crippen molar-refractivity contribution >= 4 is 52.6 Å². The molecule has 1 aromatic heterocycles. The molecule has 0 saturated heterocycles. The molecule has 4 amide bonds. The van der Waals surface area contributed by atoms with Gasteiger partial charge in [0.15, 0.2) is 29.1 Å². The fourth-order valence-corrected chi connectivity index (χ4v) is 8.07. The lowest BCUT2D eigenvalue weighted by atomic mass is 9.90. The van der Waals surface area contributed by atoms with E-state index < -0.39 is 5.91 Å². The molecule has 0 atom stereocenters. The van der Waals surface area contributed by atoms with Gasteiger partial charge in [-0.1, -0.05) is 30.3 Å². The van der Waals surface area contributed by atoms with Crippen LogP contribution in [0.3, 0.4) is 0 Å². The van der Waals surface area contributed by atoms with E-state index in [1.165, 1.54) is 0 Å². The SMILES string of the molecule is C=C(CNC(=O)c1nc(Cl)c(N)nc1N)N(CC)c1cc(CNC(=O)COc2cc(C(=O)N[C@H]3CC[C@H](N(C)C)CC3)cc(C(=O)N[C@H]3CC[C@H](N(C)C)CC3)c2)ccc1C. The minimum Gasteiger partial charge on any atom is -0.484 e. The maximum atomic E-state index is 13.6. The summed E-state index contributed by atoms with van der Waals surface area (Å²) in [6.45, 7) is 8.60. The van der Waals surface area contributed by atoms with Gasteiger partial charge >= 0.3 is 0 Å². The number of halogens is 1. The van der Waals surface area contributed by atoms with Crippen molar-refractivity contribution in [3.63, 3.8) is 0 Å². The molecule has 0 radical (unpaired) electrons. The third-order valence-electron chi connectivity index (χ3n) is 11.7. The fraction of sp³-hybridized carbons (Fsp3) is 0.500. The van der Waals surface area contributed by atoms with Crippen LogP contribution in [-0.4, -0.2) is 115 Å². The fourth-order valence-electron chi connectivity index (χ4n) is 7.95. The molecule has 0 spiro atoms. The first-order chi connectivity index (χ1) is 29.0. The number of carbonyl (C=O) groups is 4. The Balaban J connectivity index is 1.21. The number of aryl methyl sites for hydroxylation is 1. The number of nitrogen functional groups attached to an aromatic ring is 2. The van der Waals surface area contributed by atoms with Gasteiger partial charge in [0.1, 0.15) is 5.75 Å². The van der Waals surface area contributed by atoms with Crippen molar-refractivity contribution in [2.24, 2.45) is 0 Å². The summed E-state index contributed by atoms with van der Waals surface area (Å²) in [7, 11) is 8.32. The van der Waals surface area contributed by atoms with Gasteiger partial charge in [-0.05, 0) is 129 Å². The summed E-state index contributed by atoms with van der Waals surface area (Å²) >= 11 is 5.95. The normalized spacial score (nSPS) is 18.9. The first kappa shape index (κ1) is 46.6. The molecular formula is C44H62ClN11O5. The number of likely N-dealkylation sites (N-methyl/N-ethyl adjacent to an activating group) is 1. The van der Waals surface area contributed by atoms with E-state index in [9.17, 15) is 19.2 Å². The minimum absolute atomic E-state index is 0.0319. The lowest BCUT2D eigenvalue weighted by Gasteiger charge is -2.33. The Hall–Kier alpha value is -5.45. The third-order valence-corrected chi connectivity index (χ3v) is 11.9. The zero-order valence-electron chi connectivity index (χ0n) is 36.3. The zero-order chi connectivity index (χ0) is 44.4. The number of nitrogens with two attached hydrogens (primary N) is 2. The van der Waals surface area contributed by atoms with Crippen LogP contribution in [0.1, 0.15) is 101 Å². The highest BCUT2D eigenvalue weighted by atomic mass is 35.5. The van der Waals surface area contributed by atoms with Crippen LogP contribution < -0.4 is 42.4 Å². The second-order valence-corrected chi connectivity index (χ2v) is 16.8. The lowest BCUT2D eigenvalue weighted by Crippen LogP contribution is -2.42. The molecule has 2 aromatic carbocycles. The monoisotopic (exact) mass is 859 g/mol. The van der Waals surface area contributed by atoms with E-state index in [2.05, 4.69) is 75.8 Å². The summed E-state index contributed by atoms with van der Waals surface area (Å²) in [6, 6.07) is 11.6. The molecule has 330 valence electrons. The Morgan fingerprint density at radius 3 is 1.87 bits per heavy atom. The van der Waals surface area contributed by atoms with Crippen LogP contribution in [0.25, 0.3) is 0 Å². The number of hydrogen-bond acceptors (Lipinski definition) is 12. The standard InChI is InChI=1S/C44H62ClN11O5/c1-8-56(27(3)23-49-44(60)38-40(46)53-41(47)39(45)52-38)36-19-28(10-9-26(36)2)24-48-37(57)25-61-35-21-29(42(58)50-31-11-15-33(16-12-31)54(4)5)20-30(22-35)43(59)51-32-13-17-34(18-14-32)55(6)7/h9-10,19-22,31-34H,3,8,11-18,23-25H2,1-2,4-7H3,(H,48,57)(H,49,60)(H,50,58)(H,51,59)(H4,46,47,53)/t31-,32-,33-,34-. The van der Waals surface area contributed by atoms with E-state index >= 15 is 0 Å². The number of benzene rings is 2. The average Bonchev–Trinajstić information content (AvgIpc) is 3.23. The predicted molar refractivity (Wildman–Crippen MR) is 240 cm³/mol. The van der Waals surface area contributed by atoms with Crippen LogP contribution in [0.5, 0.6) is 5.75 Å². The van der Waals surface area contributed by atoms with Crippen LogP contribution in [0.15, 0.2) is 48.7 Å². The Kier molecular flexibility index (Phi) is 16.3. The smallest absolute Gasteiger partial charge is 0.274 e. The van der Waals surface area contributed by atoms with Gasteiger partial charge in [-0.2, -0.15) is 0 Å². The number of aromatic nitrogens is 2. The zero-order valence-corrected chi connectivity index (χ0v) is 37.0. The third kappa shape index (κ3) is 12.8. The summed E-state index contributed by atoms with van der Waals surface area (Å²) < 4.78 is 5.96. The van der Waals surface area contributed by atoms with Crippen molar-refractivity contribution in [1.29, 1.82) is 0 Å². The van der Waals surface area contributed by atoms with E-state index in [0.717, 1.165) is 68.2 Å². The number of anilines is 3. The number of hydrogen-bond donors (Lipinski definition) is 6. The molecule has 0 unspecified atom stereocenters. The molecule has 5 rings (SSSR count). The molecule has 8 N–H and O–H groups in total. The molecule has 2 fully saturated rings. The van der Waals surface area contributed by atoms with Gasteiger partial charge in [-0.25, -0.2) is 9.97 Å². The van der Waals surface area contributed by atoms with Crippen LogP contribution in [-0.2, 0) is 11.3 Å². The summed E-state index contributed by atoms with van der Waals surface area (Å²) in [5, 5.41) is 11.9. The molecule has 2 aliphatic rings. The molecule has 1 heterocycles. The molecule has 61 heavy (non-hydrogen) atoms. The molecule has 3 aromatic rings. The van der Waals surface area contributed by atoms with Gasteiger partial charge in [0.05, 0.1) is 6.54 Å². The van der Waals surface area contributed by atoms with E-state index in [1.807, 2.05) is 36.9 Å². The molecule has 0 bridgehead atoms. The van der Waals surface area contributed by atoms with Crippen molar-refractivity contribution in [1.82, 2.24) is 41.0 Å². The first-order valence-corrected chi connectivity index (χ1v) is 21.3. The Labute approximate surface area is 364 Å². The van der Waals surface area contributed by atoms with Gasteiger partial charge in [0, 0.05) is 59.8 Å². The number of nitrogens with one attached hydrogen (secondary N) is 4. The van der Waals surface area contributed by atoms with Gasteiger partial charge in [0.2, 0.25) is 0 Å². The Bertz CT molecular complexity index is 2000. The van der Waals surface area contributed by atoms with Crippen LogP contribution >= 0.6 is 11.6 Å². The second-order valence-electron chi connectivity index (χ2n) is 16.4. The van der Waals surface area contributed by atoms with Gasteiger partial charge in [-0.3, -0.25) is 19.2 Å². The predicted octanol–water partition coefficient (Wildman–Crippen LogP) is 4.27. The highest BCUT2D eigenvalue weighted by Crippen LogP contribution is 2.27. The molecule has 2 aliphatic carbocycles. The highest BCUT2D eigenvalue weighted by molar-refractivity contribution is 6.31. The van der Waals surface area contributed by atoms with Crippen molar-refractivity contribution in [2.45, 2.75) is 95.9 Å².